The van der Waals surface area contributed by atoms with Gasteiger partial charge >= 0.3 is 0 Å². The van der Waals surface area contributed by atoms with E-state index in [4.69, 9.17) is 4.74 Å². The van der Waals surface area contributed by atoms with Gasteiger partial charge in [0.25, 0.3) is 0 Å². The van der Waals surface area contributed by atoms with Crippen LogP contribution in [0.1, 0.15) is 31.4 Å². The monoisotopic (exact) mass is 219 g/mol. The molecule has 0 saturated carbocycles. The summed E-state index contributed by atoms with van der Waals surface area (Å²) in [6.45, 7) is 5.35. The second-order valence-electron chi connectivity index (χ2n) is 5.16. The molecule has 88 valence electrons. The minimum atomic E-state index is -0.000505. The van der Waals surface area contributed by atoms with Gasteiger partial charge in [0.15, 0.2) is 0 Å². The first kappa shape index (κ1) is 11.5. The quantitative estimate of drug-likeness (QED) is 0.843. The van der Waals surface area contributed by atoms with Gasteiger partial charge in [-0.3, -0.25) is 0 Å². The molecule has 1 aliphatic heterocycles. The third-order valence-electron chi connectivity index (χ3n) is 3.17. The van der Waals surface area contributed by atoms with Crippen molar-refractivity contribution in [2.45, 2.75) is 38.7 Å². The van der Waals surface area contributed by atoms with Crippen molar-refractivity contribution in [3.05, 3.63) is 29.3 Å². The summed E-state index contributed by atoms with van der Waals surface area (Å²) in [6, 6.07) is 6.60. The smallest absolute Gasteiger partial charge is 0.123 e. The van der Waals surface area contributed by atoms with Gasteiger partial charge in [-0.25, -0.2) is 0 Å². The summed E-state index contributed by atoms with van der Waals surface area (Å²) in [5, 5.41) is 3.18. The summed E-state index contributed by atoms with van der Waals surface area (Å²) in [5.41, 5.74) is 2.77. The Bertz CT molecular complexity index is 371. The highest BCUT2D eigenvalue weighted by molar-refractivity contribution is 5.39. The molecule has 2 heteroatoms. The fraction of sp³-hybridized carbons (Fsp3) is 0.571. The van der Waals surface area contributed by atoms with Crippen molar-refractivity contribution in [2.24, 2.45) is 0 Å². The van der Waals surface area contributed by atoms with Crippen LogP contribution >= 0.6 is 0 Å². The van der Waals surface area contributed by atoms with Crippen molar-refractivity contribution in [3.63, 3.8) is 0 Å². The number of ether oxygens (including phenoxy) is 1. The number of fused-ring (bicyclic) bond motifs is 1. The van der Waals surface area contributed by atoms with Crippen LogP contribution in [0.4, 0.5) is 0 Å². The minimum Gasteiger partial charge on any atom is -0.488 e. The van der Waals surface area contributed by atoms with Crippen molar-refractivity contribution in [1.82, 2.24) is 5.32 Å². The Kier molecular flexibility index (Phi) is 3.20. The predicted molar refractivity (Wildman–Crippen MR) is 67.1 cm³/mol. The van der Waals surface area contributed by atoms with Crippen molar-refractivity contribution in [2.75, 3.05) is 13.6 Å². The Morgan fingerprint density at radius 3 is 2.94 bits per heavy atom. The van der Waals surface area contributed by atoms with Gasteiger partial charge in [-0.2, -0.15) is 0 Å². The summed E-state index contributed by atoms with van der Waals surface area (Å²) in [6.07, 6.45) is 3.33. The lowest BCUT2D eigenvalue weighted by molar-refractivity contribution is 0.0846. The van der Waals surface area contributed by atoms with Crippen molar-refractivity contribution >= 4 is 0 Å². The third-order valence-corrected chi connectivity index (χ3v) is 3.17. The van der Waals surface area contributed by atoms with Crippen LogP contribution in [0.15, 0.2) is 18.2 Å². The van der Waals surface area contributed by atoms with Crippen molar-refractivity contribution in [1.29, 1.82) is 0 Å². The topological polar surface area (TPSA) is 21.3 Å². The van der Waals surface area contributed by atoms with Gasteiger partial charge in [0.05, 0.1) is 0 Å². The first-order valence-electron chi connectivity index (χ1n) is 6.06. The molecule has 1 N–H and O–H groups in total. The Morgan fingerprint density at radius 1 is 1.38 bits per heavy atom. The van der Waals surface area contributed by atoms with E-state index in [0.717, 1.165) is 31.6 Å². The normalized spacial score (nSPS) is 17.7. The first-order chi connectivity index (χ1) is 7.61. The number of hydrogen-bond acceptors (Lipinski definition) is 2. The first-order valence-corrected chi connectivity index (χ1v) is 6.06. The Hall–Kier alpha value is -1.02. The largest absolute Gasteiger partial charge is 0.488 e. The molecule has 0 amide bonds. The van der Waals surface area contributed by atoms with Gasteiger partial charge < -0.3 is 10.1 Å². The zero-order valence-electron chi connectivity index (χ0n) is 10.5. The summed E-state index contributed by atoms with van der Waals surface area (Å²) in [7, 11) is 1.99. The van der Waals surface area contributed by atoms with Crippen LogP contribution in [-0.2, 0) is 12.8 Å². The Balaban J connectivity index is 2.15. The average Bonchev–Trinajstić information content (AvgIpc) is 2.25. The van der Waals surface area contributed by atoms with E-state index in [-0.39, 0.29) is 5.60 Å². The van der Waals surface area contributed by atoms with Crippen LogP contribution in [0.5, 0.6) is 5.75 Å². The summed E-state index contributed by atoms with van der Waals surface area (Å²) >= 11 is 0. The highest BCUT2D eigenvalue weighted by atomic mass is 16.5. The maximum absolute atomic E-state index is 5.96. The zero-order valence-corrected chi connectivity index (χ0v) is 10.5. The Morgan fingerprint density at radius 2 is 2.19 bits per heavy atom. The molecule has 0 spiro atoms. The summed E-state index contributed by atoms with van der Waals surface area (Å²) in [5.74, 6) is 1.07. The second kappa shape index (κ2) is 4.46. The molecule has 0 aromatic heterocycles. The lowest BCUT2D eigenvalue weighted by Gasteiger charge is -2.32. The van der Waals surface area contributed by atoms with E-state index in [2.05, 4.69) is 37.4 Å². The van der Waals surface area contributed by atoms with Crippen LogP contribution < -0.4 is 10.1 Å². The lowest BCUT2D eigenvalue weighted by Crippen LogP contribution is -2.32. The fourth-order valence-electron chi connectivity index (χ4n) is 2.14. The molecule has 0 unspecified atom stereocenters. The molecule has 1 aromatic carbocycles. The highest BCUT2D eigenvalue weighted by Crippen LogP contribution is 2.33. The van der Waals surface area contributed by atoms with Gasteiger partial charge in [-0.05, 0) is 63.9 Å². The zero-order chi connectivity index (χ0) is 11.6. The number of rotatable bonds is 3. The number of likely N-dealkylation sites (N-methyl/N-ethyl adjacent to an activating group) is 1. The molecular weight excluding hydrogens is 198 g/mol. The molecule has 0 radical (unpaired) electrons. The summed E-state index contributed by atoms with van der Waals surface area (Å²) < 4.78 is 5.96. The van der Waals surface area contributed by atoms with Gasteiger partial charge in [0, 0.05) is 0 Å². The van der Waals surface area contributed by atoms with Gasteiger partial charge in [-0.1, -0.05) is 12.1 Å². The maximum atomic E-state index is 5.96. The molecule has 0 aliphatic carbocycles. The molecule has 0 atom stereocenters. The fourth-order valence-corrected chi connectivity index (χ4v) is 2.14. The van der Waals surface area contributed by atoms with Crippen molar-refractivity contribution in [3.8, 4) is 5.75 Å². The molecule has 2 nitrogen and oxygen atoms in total. The standard InChI is InChI=1S/C14H21NO/c1-14(2)8-6-12-10-11(7-9-15-3)4-5-13(12)16-14/h4-5,10,15H,6-9H2,1-3H3. The Labute approximate surface area is 98.0 Å². The highest BCUT2D eigenvalue weighted by Gasteiger charge is 2.26. The van der Waals surface area contributed by atoms with Crippen LogP contribution in [0.2, 0.25) is 0 Å². The van der Waals surface area contributed by atoms with E-state index in [1.807, 2.05) is 7.05 Å². The van der Waals surface area contributed by atoms with E-state index < -0.39 is 0 Å². The van der Waals surface area contributed by atoms with E-state index >= 15 is 0 Å². The van der Waals surface area contributed by atoms with E-state index in [0.29, 0.717) is 0 Å². The molecule has 0 bridgehead atoms. The van der Waals surface area contributed by atoms with E-state index in [1.165, 1.54) is 11.1 Å². The maximum Gasteiger partial charge on any atom is 0.123 e. The molecular formula is C14H21NO. The average molecular weight is 219 g/mol. The van der Waals surface area contributed by atoms with Crippen LogP contribution in [0.25, 0.3) is 0 Å². The molecule has 2 rings (SSSR count). The lowest BCUT2D eigenvalue weighted by atomic mass is 9.93. The number of nitrogens with one attached hydrogen (secondary N) is 1. The molecule has 1 aliphatic rings. The summed E-state index contributed by atoms with van der Waals surface area (Å²) in [4.78, 5) is 0. The number of aryl methyl sites for hydroxylation is 1. The van der Waals surface area contributed by atoms with Gasteiger partial charge in [0.1, 0.15) is 11.4 Å². The number of hydrogen-bond donors (Lipinski definition) is 1. The van der Waals surface area contributed by atoms with Crippen LogP contribution in [0.3, 0.4) is 0 Å². The molecule has 1 heterocycles. The second-order valence-corrected chi connectivity index (χ2v) is 5.16. The number of benzene rings is 1. The molecule has 16 heavy (non-hydrogen) atoms. The predicted octanol–water partition coefficient (Wildman–Crippen LogP) is 2.55. The van der Waals surface area contributed by atoms with E-state index in [1.54, 1.807) is 0 Å². The van der Waals surface area contributed by atoms with E-state index in [9.17, 15) is 0 Å². The van der Waals surface area contributed by atoms with Crippen LogP contribution in [-0.4, -0.2) is 19.2 Å². The minimum absolute atomic E-state index is 0.000505. The molecule has 1 aromatic rings. The van der Waals surface area contributed by atoms with Crippen LogP contribution in [0, 0.1) is 0 Å². The SMILES string of the molecule is CNCCc1ccc2c(c1)CCC(C)(C)O2. The molecule has 0 saturated heterocycles. The van der Waals surface area contributed by atoms with Gasteiger partial charge in [-0.15, -0.1) is 0 Å². The third kappa shape index (κ3) is 2.56. The van der Waals surface area contributed by atoms with Crippen molar-refractivity contribution < 1.29 is 4.74 Å². The van der Waals surface area contributed by atoms with Gasteiger partial charge in [0.2, 0.25) is 0 Å². The molecule has 0 fully saturated rings.